The highest BCUT2D eigenvalue weighted by Gasteiger charge is 2.28. The third kappa shape index (κ3) is 4.31. The molecule has 0 spiro atoms. The molecule has 0 atom stereocenters. The summed E-state index contributed by atoms with van der Waals surface area (Å²) >= 11 is 1.66. The van der Waals surface area contributed by atoms with Gasteiger partial charge in [0.05, 0.1) is 11.2 Å². The highest BCUT2D eigenvalue weighted by Crippen LogP contribution is 2.37. The third-order valence-corrected chi connectivity index (χ3v) is 5.84. The summed E-state index contributed by atoms with van der Waals surface area (Å²) < 4.78 is 0. The zero-order chi connectivity index (χ0) is 21.3. The highest BCUT2D eigenvalue weighted by molar-refractivity contribution is 8.14. The van der Waals surface area contributed by atoms with E-state index in [1.807, 2.05) is 24.3 Å². The van der Waals surface area contributed by atoms with Crippen LogP contribution < -0.4 is 17.2 Å². The van der Waals surface area contributed by atoms with Crippen LogP contribution in [0.3, 0.4) is 0 Å². The fourth-order valence-corrected chi connectivity index (χ4v) is 4.69. The molecular formula is C23H24N6S. The number of fused-ring (bicyclic) bond motifs is 3. The van der Waals surface area contributed by atoms with E-state index in [0.717, 1.165) is 16.4 Å². The van der Waals surface area contributed by atoms with Gasteiger partial charge in [-0.05, 0) is 60.9 Å². The molecule has 0 aliphatic carbocycles. The molecule has 0 amide bonds. The second-order valence-electron chi connectivity index (χ2n) is 7.82. The molecule has 0 saturated carbocycles. The van der Waals surface area contributed by atoms with Crippen molar-refractivity contribution in [1.29, 1.82) is 0 Å². The Hall–Kier alpha value is -3.32. The summed E-state index contributed by atoms with van der Waals surface area (Å²) in [6, 6.07) is 20.7. The first-order chi connectivity index (χ1) is 14.3. The zero-order valence-corrected chi connectivity index (χ0v) is 17.8. The molecule has 1 aliphatic heterocycles. The molecule has 30 heavy (non-hydrogen) atoms. The lowest BCUT2D eigenvalue weighted by atomic mass is 9.86. The quantitative estimate of drug-likeness (QED) is 0.433. The summed E-state index contributed by atoms with van der Waals surface area (Å²) in [5.74, 6) is -0.0952. The molecule has 3 aromatic carbocycles. The Bertz CT molecular complexity index is 1190. The summed E-state index contributed by atoms with van der Waals surface area (Å²) in [6.45, 7) is 4.37. The fraction of sp³-hybridized carbons (Fsp3) is 0.174. The second kappa shape index (κ2) is 7.84. The number of hydrogen-bond donors (Lipinski definition) is 3. The van der Waals surface area contributed by atoms with Crippen LogP contribution in [0.5, 0.6) is 0 Å². The minimum absolute atomic E-state index is 0.0228. The van der Waals surface area contributed by atoms with Gasteiger partial charge in [-0.15, -0.1) is 0 Å². The summed E-state index contributed by atoms with van der Waals surface area (Å²) in [7, 11) is 0. The number of nitrogens with zero attached hydrogens (tertiary/aromatic N) is 3. The van der Waals surface area contributed by atoms with E-state index in [0.29, 0.717) is 5.69 Å². The number of hydrogen-bond acceptors (Lipinski definition) is 3. The molecule has 0 aromatic heterocycles. The molecule has 1 aliphatic rings. The molecule has 0 saturated heterocycles. The van der Waals surface area contributed by atoms with E-state index in [1.54, 1.807) is 11.8 Å². The van der Waals surface area contributed by atoms with Gasteiger partial charge in [-0.2, -0.15) is 4.99 Å². The van der Waals surface area contributed by atoms with Gasteiger partial charge in [0.15, 0.2) is 5.96 Å². The van der Waals surface area contributed by atoms with Crippen molar-refractivity contribution >= 4 is 45.2 Å². The molecule has 152 valence electrons. The normalized spacial score (nSPS) is 15.4. The van der Waals surface area contributed by atoms with Gasteiger partial charge in [0, 0.05) is 10.5 Å². The average molecular weight is 417 g/mol. The van der Waals surface area contributed by atoms with Crippen molar-refractivity contribution in [3.05, 3.63) is 71.8 Å². The van der Waals surface area contributed by atoms with Crippen LogP contribution in [-0.4, -0.2) is 22.5 Å². The van der Waals surface area contributed by atoms with Crippen LogP contribution in [0.4, 0.5) is 5.69 Å². The van der Waals surface area contributed by atoms with Gasteiger partial charge in [-0.3, -0.25) is 4.99 Å². The van der Waals surface area contributed by atoms with Gasteiger partial charge < -0.3 is 17.2 Å². The first kappa shape index (κ1) is 20.0. The van der Waals surface area contributed by atoms with E-state index in [1.165, 1.54) is 21.9 Å². The van der Waals surface area contributed by atoms with E-state index < -0.39 is 0 Å². The largest absolute Gasteiger partial charge is 0.370 e. The lowest BCUT2D eigenvalue weighted by molar-refractivity contribution is 0.517. The molecular weight excluding hydrogens is 392 g/mol. The first-order valence-corrected chi connectivity index (χ1v) is 10.4. The predicted molar refractivity (Wildman–Crippen MR) is 128 cm³/mol. The van der Waals surface area contributed by atoms with Crippen molar-refractivity contribution in [2.24, 2.45) is 32.2 Å². The molecule has 6 N–H and O–H groups in total. The Labute approximate surface area is 180 Å². The Morgan fingerprint density at radius 3 is 2.43 bits per heavy atom. The minimum Gasteiger partial charge on any atom is -0.370 e. The number of rotatable bonds is 2. The smallest absolute Gasteiger partial charge is 0.223 e. The summed E-state index contributed by atoms with van der Waals surface area (Å²) in [4.78, 5) is 14.0. The lowest BCUT2D eigenvalue weighted by Crippen LogP contribution is -2.28. The Kier molecular flexibility index (Phi) is 5.22. The van der Waals surface area contributed by atoms with Crippen molar-refractivity contribution in [1.82, 2.24) is 0 Å². The van der Waals surface area contributed by atoms with Crippen molar-refractivity contribution in [3.8, 4) is 0 Å². The Morgan fingerprint density at radius 1 is 0.967 bits per heavy atom. The molecule has 4 rings (SSSR count). The maximum Gasteiger partial charge on any atom is 0.223 e. The maximum absolute atomic E-state index is 5.70. The topological polar surface area (TPSA) is 115 Å². The van der Waals surface area contributed by atoms with Crippen LogP contribution in [0.2, 0.25) is 0 Å². The van der Waals surface area contributed by atoms with Gasteiger partial charge >= 0.3 is 0 Å². The van der Waals surface area contributed by atoms with Crippen LogP contribution in [0.1, 0.15) is 25.0 Å². The SMILES string of the molecule is CC1(C)Cc2c(ccc3ccccc23)C(Sc2ccc(N=C(N)N=C(N)N)cc2)=N1. The monoisotopic (exact) mass is 416 g/mol. The fourth-order valence-electron chi connectivity index (χ4n) is 3.60. The molecule has 0 radical (unpaired) electrons. The summed E-state index contributed by atoms with van der Waals surface area (Å²) in [5.41, 5.74) is 19.4. The van der Waals surface area contributed by atoms with Gasteiger partial charge in [-0.1, -0.05) is 48.2 Å². The van der Waals surface area contributed by atoms with Crippen molar-refractivity contribution in [2.75, 3.05) is 0 Å². The van der Waals surface area contributed by atoms with E-state index in [4.69, 9.17) is 22.2 Å². The minimum atomic E-state index is -0.154. The number of benzene rings is 3. The molecule has 7 heteroatoms. The highest BCUT2D eigenvalue weighted by atomic mass is 32.2. The van der Waals surface area contributed by atoms with Crippen molar-refractivity contribution in [2.45, 2.75) is 30.7 Å². The van der Waals surface area contributed by atoms with Crippen LogP contribution >= 0.6 is 11.8 Å². The average Bonchev–Trinajstić information content (AvgIpc) is 2.68. The van der Waals surface area contributed by atoms with E-state index in [-0.39, 0.29) is 17.5 Å². The summed E-state index contributed by atoms with van der Waals surface area (Å²) in [5, 5.41) is 3.60. The molecule has 3 aromatic rings. The van der Waals surface area contributed by atoms with E-state index in [2.05, 4.69) is 60.2 Å². The maximum atomic E-state index is 5.70. The number of aliphatic imine (C=N–C) groups is 3. The lowest BCUT2D eigenvalue weighted by Gasteiger charge is -2.29. The Balaban J connectivity index is 1.66. The first-order valence-electron chi connectivity index (χ1n) is 9.63. The molecule has 0 fully saturated rings. The third-order valence-electron chi connectivity index (χ3n) is 4.82. The van der Waals surface area contributed by atoms with Gasteiger partial charge in [0.25, 0.3) is 0 Å². The van der Waals surface area contributed by atoms with E-state index >= 15 is 0 Å². The predicted octanol–water partition coefficient (Wildman–Crippen LogP) is 3.93. The van der Waals surface area contributed by atoms with Gasteiger partial charge in [0.1, 0.15) is 5.04 Å². The zero-order valence-electron chi connectivity index (χ0n) is 17.0. The Morgan fingerprint density at radius 2 is 1.70 bits per heavy atom. The molecule has 0 bridgehead atoms. The number of nitrogens with two attached hydrogens (primary N) is 3. The van der Waals surface area contributed by atoms with Crippen LogP contribution in [0.15, 0.2) is 80.5 Å². The van der Waals surface area contributed by atoms with Crippen LogP contribution in [0.25, 0.3) is 10.8 Å². The van der Waals surface area contributed by atoms with Gasteiger partial charge in [-0.25, -0.2) is 4.99 Å². The van der Waals surface area contributed by atoms with Crippen molar-refractivity contribution in [3.63, 3.8) is 0 Å². The van der Waals surface area contributed by atoms with Crippen LogP contribution in [0, 0.1) is 0 Å². The van der Waals surface area contributed by atoms with Crippen molar-refractivity contribution < 1.29 is 0 Å². The summed E-state index contributed by atoms with van der Waals surface area (Å²) in [6.07, 6.45) is 0.922. The second-order valence-corrected chi connectivity index (χ2v) is 8.88. The van der Waals surface area contributed by atoms with E-state index in [9.17, 15) is 0 Å². The van der Waals surface area contributed by atoms with Crippen LogP contribution in [-0.2, 0) is 6.42 Å². The molecule has 0 unspecified atom stereocenters. The number of thioether (sulfide) groups is 1. The van der Waals surface area contributed by atoms with Gasteiger partial charge in [0.2, 0.25) is 5.96 Å². The molecule has 6 nitrogen and oxygen atoms in total. The number of guanidine groups is 2. The standard InChI is InChI=1S/C23H24N6S/c1-23(2)13-19-17-6-4-3-5-14(17)7-12-18(19)20(29-23)30-16-10-8-15(9-11-16)27-22(26)28-21(24)25/h3-12H,13H2,1-2H3,(H6,24,25,26,27,28). The molecule has 1 heterocycles.